The Kier molecular flexibility index (Phi) is 8.25. The second-order valence-corrected chi connectivity index (χ2v) is 6.52. The number of nitrogens with one attached hydrogen (secondary N) is 1. The average molecular weight is 442 g/mol. The molecule has 2 amide bonds. The number of carbonyl (C=O) groups is 3. The first-order valence-electron chi connectivity index (χ1n) is 8.67. The summed E-state index contributed by atoms with van der Waals surface area (Å²) in [6, 6.07) is -0.615. The minimum atomic E-state index is -5.06. The minimum Gasteiger partial charge on any atom is -0.466 e. The molecule has 0 aliphatic carbocycles. The van der Waals surface area contributed by atoms with Crippen molar-refractivity contribution >= 4 is 17.8 Å². The third kappa shape index (κ3) is 7.56. The summed E-state index contributed by atoms with van der Waals surface area (Å²) in [5.74, 6) is -3.56. The number of halogens is 6. The Morgan fingerprint density at radius 3 is 1.93 bits per heavy atom. The normalized spacial score (nSPS) is 14.0. The van der Waals surface area contributed by atoms with Crippen molar-refractivity contribution < 1.29 is 45.5 Å². The van der Waals surface area contributed by atoms with Gasteiger partial charge in [0.05, 0.1) is 30.6 Å². The van der Waals surface area contributed by atoms with Crippen LogP contribution in [0.2, 0.25) is 0 Å². The zero-order valence-corrected chi connectivity index (χ0v) is 16.0. The van der Waals surface area contributed by atoms with Crippen molar-refractivity contribution in [2.45, 2.75) is 45.1 Å². The van der Waals surface area contributed by atoms with Crippen LogP contribution in [-0.4, -0.2) is 30.4 Å². The summed E-state index contributed by atoms with van der Waals surface area (Å²) in [5.41, 5.74) is 1.49. The third-order valence-electron chi connectivity index (χ3n) is 4.00. The molecule has 3 N–H and O–H groups in total. The standard InChI is InChI=1S/C18H20F6N2O4/c1-3-30-14(28)4-9(2)15(16(25)29)26-13(27)7-10-5-11(17(19,20)21)8-12(6-10)18(22,23)24/h5-6,8-9,15H,3-4,7H2,1-2H3,(H2,25,29)(H,26,27)/t9-,15-/m1/s1. The van der Waals surface area contributed by atoms with Gasteiger partial charge in [-0.25, -0.2) is 0 Å². The Labute approximate surface area is 167 Å². The highest BCUT2D eigenvalue weighted by Gasteiger charge is 2.37. The summed E-state index contributed by atoms with van der Waals surface area (Å²) in [6.07, 6.45) is -11.3. The molecule has 0 heterocycles. The first-order valence-corrected chi connectivity index (χ1v) is 8.67. The second kappa shape index (κ2) is 9.81. The van der Waals surface area contributed by atoms with E-state index in [4.69, 9.17) is 10.5 Å². The number of nitrogens with two attached hydrogens (primary N) is 1. The maximum atomic E-state index is 12.9. The lowest BCUT2D eigenvalue weighted by molar-refractivity contribution is -0.145. The van der Waals surface area contributed by atoms with Crippen LogP contribution in [0.15, 0.2) is 18.2 Å². The third-order valence-corrected chi connectivity index (χ3v) is 4.00. The van der Waals surface area contributed by atoms with Gasteiger partial charge >= 0.3 is 18.3 Å². The molecule has 12 heteroatoms. The molecule has 0 aromatic heterocycles. The fraction of sp³-hybridized carbons (Fsp3) is 0.500. The minimum absolute atomic E-state index is 0.0605. The van der Waals surface area contributed by atoms with Crippen molar-refractivity contribution in [3.63, 3.8) is 0 Å². The number of amides is 2. The van der Waals surface area contributed by atoms with Crippen molar-refractivity contribution in [3.8, 4) is 0 Å². The van der Waals surface area contributed by atoms with Crippen LogP contribution in [-0.2, 0) is 37.9 Å². The summed E-state index contributed by atoms with van der Waals surface area (Å²) in [7, 11) is 0. The quantitative estimate of drug-likeness (QED) is 0.478. The number of alkyl halides is 6. The highest BCUT2D eigenvalue weighted by Crippen LogP contribution is 2.36. The number of rotatable bonds is 8. The van der Waals surface area contributed by atoms with Gasteiger partial charge in [0.1, 0.15) is 6.04 Å². The highest BCUT2D eigenvalue weighted by molar-refractivity contribution is 5.88. The SMILES string of the molecule is CCOC(=O)C[C@@H](C)[C@@H](NC(=O)Cc1cc(C(F)(F)F)cc(C(F)(F)F)c1)C(N)=O. The number of benzene rings is 1. The molecule has 0 saturated carbocycles. The molecular weight excluding hydrogens is 422 g/mol. The van der Waals surface area contributed by atoms with E-state index in [0.717, 1.165) is 0 Å². The summed E-state index contributed by atoms with van der Waals surface area (Å²) < 4.78 is 82.2. The number of carbonyl (C=O) groups excluding carboxylic acids is 3. The lowest BCUT2D eigenvalue weighted by Gasteiger charge is -2.22. The number of primary amides is 1. The van der Waals surface area contributed by atoms with E-state index >= 15 is 0 Å². The molecule has 0 radical (unpaired) electrons. The van der Waals surface area contributed by atoms with Gasteiger partial charge in [0.25, 0.3) is 0 Å². The van der Waals surface area contributed by atoms with Gasteiger partial charge in [-0.05, 0) is 36.6 Å². The van der Waals surface area contributed by atoms with E-state index in [2.05, 4.69) is 5.32 Å². The molecule has 1 rings (SSSR count). The highest BCUT2D eigenvalue weighted by atomic mass is 19.4. The van der Waals surface area contributed by atoms with Gasteiger partial charge < -0.3 is 15.8 Å². The molecule has 0 aliphatic heterocycles. The van der Waals surface area contributed by atoms with E-state index in [1.54, 1.807) is 6.92 Å². The Balaban J connectivity index is 3.04. The van der Waals surface area contributed by atoms with E-state index in [-0.39, 0.29) is 19.1 Å². The maximum Gasteiger partial charge on any atom is 0.416 e. The molecular formula is C18H20F6N2O4. The van der Waals surface area contributed by atoms with E-state index < -0.39 is 65.2 Å². The van der Waals surface area contributed by atoms with Gasteiger partial charge in [-0.3, -0.25) is 14.4 Å². The van der Waals surface area contributed by atoms with E-state index in [1.807, 2.05) is 0 Å². The van der Waals surface area contributed by atoms with Crippen LogP contribution in [0.1, 0.15) is 37.0 Å². The molecule has 0 unspecified atom stereocenters. The molecule has 168 valence electrons. The average Bonchev–Trinajstić information content (AvgIpc) is 2.57. The summed E-state index contributed by atoms with van der Waals surface area (Å²) in [4.78, 5) is 35.3. The molecule has 30 heavy (non-hydrogen) atoms. The predicted molar refractivity (Wildman–Crippen MR) is 91.7 cm³/mol. The zero-order chi connectivity index (χ0) is 23.3. The first-order chi connectivity index (χ1) is 13.6. The van der Waals surface area contributed by atoms with Crippen molar-refractivity contribution in [1.29, 1.82) is 0 Å². The summed E-state index contributed by atoms with van der Waals surface area (Å²) in [6.45, 7) is 3.04. The van der Waals surface area contributed by atoms with Gasteiger partial charge in [-0.1, -0.05) is 6.92 Å². The van der Waals surface area contributed by atoms with Crippen LogP contribution < -0.4 is 11.1 Å². The summed E-state index contributed by atoms with van der Waals surface area (Å²) in [5, 5.41) is 2.14. The van der Waals surface area contributed by atoms with E-state index in [0.29, 0.717) is 12.1 Å². The number of ether oxygens (including phenoxy) is 1. The molecule has 0 fully saturated rings. The Morgan fingerprint density at radius 1 is 1.03 bits per heavy atom. The van der Waals surface area contributed by atoms with Crippen molar-refractivity contribution in [1.82, 2.24) is 5.32 Å². The monoisotopic (exact) mass is 442 g/mol. The molecule has 1 aromatic rings. The van der Waals surface area contributed by atoms with Gasteiger partial charge in [-0.15, -0.1) is 0 Å². The zero-order valence-electron chi connectivity index (χ0n) is 16.0. The number of hydrogen-bond acceptors (Lipinski definition) is 4. The molecule has 1 aromatic carbocycles. The Bertz CT molecular complexity index is 760. The number of hydrogen-bond donors (Lipinski definition) is 2. The summed E-state index contributed by atoms with van der Waals surface area (Å²) >= 11 is 0. The van der Waals surface area contributed by atoms with E-state index in [9.17, 15) is 40.7 Å². The second-order valence-electron chi connectivity index (χ2n) is 6.52. The van der Waals surface area contributed by atoms with Crippen molar-refractivity contribution in [2.24, 2.45) is 11.7 Å². The molecule has 0 spiro atoms. The van der Waals surface area contributed by atoms with Crippen LogP contribution in [0, 0.1) is 5.92 Å². The van der Waals surface area contributed by atoms with Crippen LogP contribution in [0.4, 0.5) is 26.3 Å². The van der Waals surface area contributed by atoms with E-state index in [1.165, 1.54) is 6.92 Å². The van der Waals surface area contributed by atoms with Crippen LogP contribution >= 0.6 is 0 Å². The topological polar surface area (TPSA) is 98.5 Å². The maximum absolute atomic E-state index is 12.9. The van der Waals surface area contributed by atoms with Gasteiger partial charge in [0.15, 0.2) is 0 Å². The van der Waals surface area contributed by atoms with Crippen LogP contribution in [0.25, 0.3) is 0 Å². The van der Waals surface area contributed by atoms with Gasteiger partial charge in [-0.2, -0.15) is 26.3 Å². The molecule has 6 nitrogen and oxygen atoms in total. The van der Waals surface area contributed by atoms with Gasteiger partial charge in [0.2, 0.25) is 11.8 Å². The van der Waals surface area contributed by atoms with Gasteiger partial charge in [0, 0.05) is 0 Å². The molecule has 0 saturated heterocycles. The van der Waals surface area contributed by atoms with Crippen LogP contribution in [0.5, 0.6) is 0 Å². The molecule has 2 atom stereocenters. The Hall–Kier alpha value is -2.79. The fourth-order valence-electron chi connectivity index (χ4n) is 2.63. The Morgan fingerprint density at radius 2 is 1.53 bits per heavy atom. The lowest BCUT2D eigenvalue weighted by Crippen LogP contribution is -2.49. The first kappa shape index (κ1) is 25.2. The largest absolute Gasteiger partial charge is 0.466 e. The molecule has 0 aliphatic rings. The predicted octanol–water partition coefficient (Wildman–Crippen LogP) is 2.83. The smallest absolute Gasteiger partial charge is 0.416 e. The van der Waals surface area contributed by atoms with Crippen molar-refractivity contribution in [3.05, 3.63) is 34.9 Å². The van der Waals surface area contributed by atoms with Crippen molar-refractivity contribution in [2.75, 3.05) is 6.61 Å². The molecule has 0 bridgehead atoms. The lowest BCUT2D eigenvalue weighted by atomic mass is 9.97. The number of esters is 1. The fourth-order valence-corrected chi connectivity index (χ4v) is 2.63. The van der Waals surface area contributed by atoms with Crippen LogP contribution in [0.3, 0.4) is 0 Å².